The summed E-state index contributed by atoms with van der Waals surface area (Å²) in [6.45, 7) is 6.94. The Hall–Kier alpha value is -2.49. The van der Waals surface area contributed by atoms with Crippen molar-refractivity contribution >= 4 is 11.6 Å². The minimum Gasteiger partial charge on any atom is -0.494 e. The van der Waals surface area contributed by atoms with Gasteiger partial charge in [0.2, 0.25) is 0 Å². The van der Waals surface area contributed by atoms with E-state index in [1.807, 2.05) is 56.3 Å². The number of unbranched alkanes of at least 4 members (excludes halogenated alkanes) is 2. The Morgan fingerprint density at radius 2 is 1.64 bits per heavy atom. The van der Waals surface area contributed by atoms with Crippen LogP contribution in [0.1, 0.15) is 37.3 Å². The van der Waals surface area contributed by atoms with E-state index in [2.05, 4.69) is 12.2 Å². The maximum absolute atomic E-state index is 12.0. The molecule has 0 saturated heterocycles. The monoisotopic (exact) mass is 341 g/mol. The molecule has 25 heavy (non-hydrogen) atoms. The second kappa shape index (κ2) is 9.72. The zero-order valence-corrected chi connectivity index (χ0v) is 15.3. The highest BCUT2D eigenvalue weighted by Crippen LogP contribution is 2.18. The molecule has 134 valence electrons. The first-order chi connectivity index (χ1) is 12.1. The van der Waals surface area contributed by atoms with E-state index in [1.54, 1.807) is 0 Å². The predicted octanol–water partition coefficient (Wildman–Crippen LogP) is 4.89. The van der Waals surface area contributed by atoms with E-state index in [0.717, 1.165) is 30.0 Å². The van der Waals surface area contributed by atoms with E-state index >= 15 is 0 Å². The number of rotatable bonds is 9. The molecule has 0 atom stereocenters. The van der Waals surface area contributed by atoms with E-state index in [9.17, 15) is 4.79 Å². The molecule has 4 nitrogen and oxygen atoms in total. The Labute approximate surface area is 150 Å². The fourth-order valence-electron chi connectivity index (χ4n) is 2.33. The molecule has 0 spiro atoms. The third-order valence-corrected chi connectivity index (χ3v) is 4.00. The lowest BCUT2D eigenvalue weighted by atomic mass is 10.1. The summed E-state index contributed by atoms with van der Waals surface area (Å²) in [5.74, 6) is 1.34. The SMILES string of the molecule is CCCCCOc1ccc(NC(=O)COc2ccc(C)c(C)c2)cc1. The molecular weight excluding hydrogens is 314 g/mol. The summed E-state index contributed by atoms with van der Waals surface area (Å²) in [5, 5.41) is 2.82. The van der Waals surface area contributed by atoms with Crippen molar-refractivity contribution in [2.45, 2.75) is 40.0 Å². The highest BCUT2D eigenvalue weighted by molar-refractivity contribution is 5.91. The van der Waals surface area contributed by atoms with Gasteiger partial charge in [0.05, 0.1) is 6.61 Å². The van der Waals surface area contributed by atoms with Gasteiger partial charge in [0, 0.05) is 5.69 Å². The standard InChI is InChI=1S/C21H27NO3/c1-4-5-6-13-24-19-11-8-18(9-12-19)22-21(23)15-25-20-10-7-16(2)17(3)14-20/h7-12,14H,4-6,13,15H2,1-3H3,(H,22,23). The van der Waals surface area contributed by atoms with Gasteiger partial charge in [0.1, 0.15) is 11.5 Å². The average Bonchev–Trinajstić information content (AvgIpc) is 2.61. The molecule has 2 aromatic rings. The molecule has 0 aromatic heterocycles. The van der Waals surface area contributed by atoms with Crippen LogP contribution >= 0.6 is 0 Å². The van der Waals surface area contributed by atoms with Crippen molar-refractivity contribution in [2.24, 2.45) is 0 Å². The van der Waals surface area contributed by atoms with Crippen molar-refractivity contribution in [3.05, 3.63) is 53.6 Å². The van der Waals surface area contributed by atoms with Crippen molar-refractivity contribution in [1.82, 2.24) is 0 Å². The number of hydrogen-bond acceptors (Lipinski definition) is 3. The van der Waals surface area contributed by atoms with E-state index in [-0.39, 0.29) is 12.5 Å². The first kappa shape index (κ1) is 18.8. The number of ether oxygens (including phenoxy) is 2. The first-order valence-electron chi connectivity index (χ1n) is 8.81. The summed E-state index contributed by atoms with van der Waals surface area (Å²) in [4.78, 5) is 12.0. The Morgan fingerprint density at radius 3 is 2.32 bits per heavy atom. The van der Waals surface area contributed by atoms with Crippen LogP contribution in [-0.2, 0) is 4.79 Å². The van der Waals surface area contributed by atoms with E-state index in [0.29, 0.717) is 5.75 Å². The molecule has 0 fully saturated rings. The zero-order chi connectivity index (χ0) is 18.1. The fourth-order valence-corrected chi connectivity index (χ4v) is 2.33. The molecule has 0 radical (unpaired) electrons. The largest absolute Gasteiger partial charge is 0.494 e. The lowest BCUT2D eigenvalue weighted by Crippen LogP contribution is -2.20. The molecule has 2 rings (SSSR count). The van der Waals surface area contributed by atoms with E-state index in [1.165, 1.54) is 18.4 Å². The van der Waals surface area contributed by atoms with Gasteiger partial charge in [0.15, 0.2) is 6.61 Å². The van der Waals surface area contributed by atoms with Crippen LogP contribution in [0.3, 0.4) is 0 Å². The van der Waals surface area contributed by atoms with Gasteiger partial charge in [0.25, 0.3) is 5.91 Å². The number of amides is 1. The molecule has 0 unspecified atom stereocenters. The molecule has 0 aliphatic heterocycles. The number of hydrogen-bond donors (Lipinski definition) is 1. The van der Waals surface area contributed by atoms with Gasteiger partial charge in [-0.25, -0.2) is 0 Å². The molecule has 0 saturated carbocycles. The van der Waals surface area contributed by atoms with Gasteiger partial charge in [-0.2, -0.15) is 0 Å². The number of carbonyl (C=O) groups is 1. The summed E-state index contributed by atoms with van der Waals surface area (Å²) < 4.78 is 11.2. The summed E-state index contributed by atoms with van der Waals surface area (Å²) in [5.41, 5.74) is 3.08. The average molecular weight is 341 g/mol. The van der Waals surface area contributed by atoms with Crippen molar-refractivity contribution in [3.8, 4) is 11.5 Å². The first-order valence-corrected chi connectivity index (χ1v) is 8.81. The number of aryl methyl sites for hydroxylation is 2. The molecule has 0 aliphatic carbocycles. The molecule has 0 heterocycles. The lowest BCUT2D eigenvalue weighted by Gasteiger charge is -2.10. The summed E-state index contributed by atoms with van der Waals surface area (Å²) >= 11 is 0. The van der Waals surface area contributed by atoms with E-state index in [4.69, 9.17) is 9.47 Å². The third kappa shape index (κ3) is 6.49. The molecule has 2 aromatic carbocycles. The Bertz CT molecular complexity index is 680. The Balaban J connectivity index is 1.77. The quantitative estimate of drug-likeness (QED) is 0.661. The topological polar surface area (TPSA) is 47.6 Å². The highest BCUT2D eigenvalue weighted by atomic mass is 16.5. The smallest absolute Gasteiger partial charge is 0.262 e. The lowest BCUT2D eigenvalue weighted by molar-refractivity contribution is -0.118. The molecular formula is C21H27NO3. The van der Waals surface area contributed by atoms with Crippen LogP contribution in [-0.4, -0.2) is 19.1 Å². The van der Waals surface area contributed by atoms with Gasteiger partial charge in [-0.15, -0.1) is 0 Å². The number of anilines is 1. The van der Waals surface area contributed by atoms with Gasteiger partial charge in [-0.1, -0.05) is 25.8 Å². The van der Waals surface area contributed by atoms with Crippen LogP contribution < -0.4 is 14.8 Å². The minimum atomic E-state index is -0.185. The van der Waals surface area contributed by atoms with Gasteiger partial charge in [-0.3, -0.25) is 4.79 Å². The number of carbonyl (C=O) groups excluding carboxylic acids is 1. The van der Waals surface area contributed by atoms with Crippen molar-refractivity contribution in [2.75, 3.05) is 18.5 Å². The predicted molar refractivity (Wildman–Crippen MR) is 102 cm³/mol. The molecule has 0 bridgehead atoms. The molecule has 4 heteroatoms. The minimum absolute atomic E-state index is 0.0161. The highest BCUT2D eigenvalue weighted by Gasteiger charge is 2.05. The van der Waals surface area contributed by atoms with Gasteiger partial charge < -0.3 is 14.8 Å². The van der Waals surface area contributed by atoms with Crippen LogP contribution in [0.5, 0.6) is 11.5 Å². The van der Waals surface area contributed by atoms with E-state index < -0.39 is 0 Å². The summed E-state index contributed by atoms with van der Waals surface area (Å²) in [7, 11) is 0. The van der Waals surface area contributed by atoms with Crippen molar-refractivity contribution in [3.63, 3.8) is 0 Å². The second-order valence-electron chi connectivity index (χ2n) is 6.16. The van der Waals surface area contributed by atoms with Crippen molar-refractivity contribution < 1.29 is 14.3 Å². The molecule has 1 N–H and O–H groups in total. The zero-order valence-electron chi connectivity index (χ0n) is 15.3. The second-order valence-corrected chi connectivity index (χ2v) is 6.16. The Kier molecular flexibility index (Phi) is 7.33. The third-order valence-electron chi connectivity index (χ3n) is 4.00. The normalized spacial score (nSPS) is 10.4. The summed E-state index contributed by atoms with van der Waals surface area (Å²) in [6.07, 6.45) is 3.41. The fraction of sp³-hybridized carbons (Fsp3) is 0.381. The maximum atomic E-state index is 12.0. The van der Waals surface area contributed by atoms with Crippen LogP contribution in [0.15, 0.2) is 42.5 Å². The van der Waals surface area contributed by atoms with Crippen LogP contribution in [0, 0.1) is 13.8 Å². The van der Waals surface area contributed by atoms with Gasteiger partial charge in [-0.05, 0) is 67.8 Å². The number of nitrogens with one attached hydrogen (secondary N) is 1. The van der Waals surface area contributed by atoms with Crippen LogP contribution in [0.4, 0.5) is 5.69 Å². The maximum Gasteiger partial charge on any atom is 0.262 e. The molecule has 1 amide bonds. The number of benzene rings is 2. The molecule has 0 aliphatic rings. The van der Waals surface area contributed by atoms with Crippen LogP contribution in [0.25, 0.3) is 0 Å². The summed E-state index contributed by atoms with van der Waals surface area (Å²) in [6, 6.07) is 13.2. The van der Waals surface area contributed by atoms with Crippen molar-refractivity contribution in [1.29, 1.82) is 0 Å². The van der Waals surface area contributed by atoms with Crippen LogP contribution in [0.2, 0.25) is 0 Å². The van der Waals surface area contributed by atoms with Gasteiger partial charge >= 0.3 is 0 Å². The Morgan fingerprint density at radius 1 is 0.920 bits per heavy atom.